The molecule has 3 nitrogen and oxygen atoms in total. The Bertz CT molecular complexity index is 379. The molecule has 1 N–H and O–H groups in total. The Morgan fingerprint density at radius 2 is 2.06 bits per heavy atom. The van der Waals surface area contributed by atoms with Crippen molar-refractivity contribution in [2.75, 3.05) is 7.11 Å². The maximum atomic E-state index is 11.1. The van der Waals surface area contributed by atoms with Crippen molar-refractivity contribution in [3.8, 4) is 5.75 Å². The second-order valence-corrected chi connectivity index (χ2v) is 3.89. The van der Waals surface area contributed by atoms with E-state index in [0.717, 1.165) is 11.3 Å². The van der Waals surface area contributed by atoms with Gasteiger partial charge in [-0.05, 0) is 37.5 Å². The molecule has 0 aliphatic carbocycles. The summed E-state index contributed by atoms with van der Waals surface area (Å²) in [6.07, 6.45) is 4.88. The Balaban J connectivity index is 2.68. The SMILES string of the molecule is CC=CCC(Cc1ccc(OC)cc1)C(=O)O. The lowest BCUT2D eigenvalue weighted by Gasteiger charge is -2.10. The van der Waals surface area contributed by atoms with E-state index in [-0.39, 0.29) is 5.92 Å². The number of carboxylic acids is 1. The third-order valence-electron chi connectivity index (χ3n) is 2.65. The van der Waals surface area contributed by atoms with Crippen molar-refractivity contribution >= 4 is 5.97 Å². The molecule has 0 aromatic heterocycles. The van der Waals surface area contributed by atoms with E-state index in [0.29, 0.717) is 12.8 Å². The van der Waals surface area contributed by atoms with Crippen LogP contribution in [0.1, 0.15) is 18.9 Å². The van der Waals surface area contributed by atoms with Gasteiger partial charge in [-0.25, -0.2) is 0 Å². The van der Waals surface area contributed by atoms with E-state index in [9.17, 15) is 4.79 Å². The highest BCUT2D eigenvalue weighted by Gasteiger charge is 2.16. The van der Waals surface area contributed by atoms with Crippen molar-refractivity contribution in [1.82, 2.24) is 0 Å². The first kappa shape index (κ1) is 13.3. The van der Waals surface area contributed by atoms with Gasteiger partial charge in [-0.2, -0.15) is 0 Å². The third kappa shape index (κ3) is 4.31. The van der Waals surface area contributed by atoms with Gasteiger partial charge < -0.3 is 9.84 Å². The van der Waals surface area contributed by atoms with Crippen LogP contribution in [0.2, 0.25) is 0 Å². The van der Waals surface area contributed by atoms with Crippen LogP contribution in [-0.2, 0) is 11.2 Å². The van der Waals surface area contributed by atoms with E-state index >= 15 is 0 Å². The number of methoxy groups -OCH3 is 1. The van der Waals surface area contributed by atoms with Gasteiger partial charge in [0.1, 0.15) is 5.75 Å². The molecule has 0 bridgehead atoms. The van der Waals surface area contributed by atoms with E-state index < -0.39 is 5.97 Å². The molecule has 0 fully saturated rings. The number of benzene rings is 1. The number of carboxylic acid groups (broad SMARTS) is 1. The predicted octanol–water partition coefficient (Wildman–Crippen LogP) is 2.90. The van der Waals surface area contributed by atoms with Crippen LogP contribution >= 0.6 is 0 Å². The topological polar surface area (TPSA) is 46.5 Å². The Morgan fingerprint density at radius 3 is 2.53 bits per heavy atom. The molecule has 3 heteroatoms. The maximum absolute atomic E-state index is 11.1. The van der Waals surface area contributed by atoms with Crippen molar-refractivity contribution in [1.29, 1.82) is 0 Å². The van der Waals surface area contributed by atoms with Gasteiger partial charge in [0.05, 0.1) is 13.0 Å². The van der Waals surface area contributed by atoms with Gasteiger partial charge in [0, 0.05) is 0 Å². The lowest BCUT2D eigenvalue weighted by atomic mass is 9.96. The van der Waals surface area contributed by atoms with Crippen LogP contribution in [-0.4, -0.2) is 18.2 Å². The van der Waals surface area contributed by atoms with E-state index in [4.69, 9.17) is 9.84 Å². The normalized spacial score (nSPS) is 12.6. The average Bonchev–Trinajstić information content (AvgIpc) is 2.35. The Hall–Kier alpha value is -1.77. The minimum Gasteiger partial charge on any atom is -0.497 e. The summed E-state index contributed by atoms with van der Waals surface area (Å²) in [5.74, 6) is -0.326. The second kappa shape index (κ2) is 6.74. The standard InChI is InChI=1S/C14H18O3/c1-3-4-5-12(14(15)16)10-11-6-8-13(17-2)9-7-11/h3-4,6-9,12H,5,10H2,1-2H3,(H,15,16). The lowest BCUT2D eigenvalue weighted by molar-refractivity contribution is -0.141. The molecule has 0 saturated carbocycles. The third-order valence-corrected chi connectivity index (χ3v) is 2.65. The Labute approximate surface area is 102 Å². The molecule has 92 valence electrons. The minimum absolute atomic E-state index is 0.361. The van der Waals surface area contributed by atoms with E-state index in [1.54, 1.807) is 7.11 Å². The quantitative estimate of drug-likeness (QED) is 0.770. The largest absolute Gasteiger partial charge is 0.497 e. The molecule has 1 atom stereocenters. The number of aliphatic carboxylic acids is 1. The molecule has 0 radical (unpaired) electrons. The summed E-state index contributed by atoms with van der Waals surface area (Å²) >= 11 is 0. The van der Waals surface area contributed by atoms with E-state index in [1.165, 1.54) is 0 Å². The van der Waals surface area contributed by atoms with Gasteiger partial charge >= 0.3 is 5.97 Å². The zero-order chi connectivity index (χ0) is 12.7. The zero-order valence-corrected chi connectivity index (χ0v) is 10.2. The number of rotatable bonds is 6. The first-order valence-corrected chi connectivity index (χ1v) is 5.64. The molecule has 0 amide bonds. The molecular weight excluding hydrogens is 216 g/mol. The van der Waals surface area contributed by atoms with Crippen LogP contribution in [0.5, 0.6) is 5.75 Å². The van der Waals surface area contributed by atoms with Gasteiger partial charge in [-0.3, -0.25) is 4.79 Å². The number of hydrogen-bond acceptors (Lipinski definition) is 2. The molecule has 0 spiro atoms. The van der Waals surface area contributed by atoms with Crippen LogP contribution in [0.15, 0.2) is 36.4 Å². The summed E-state index contributed by atoms with van der Waals surface area (Å²) in [6, 6.07) is 7.52. The first-order chi connectivity index (χ1) is 8.17. The van der Waals surface area contributed by atoms with Crippen molar-refractivity contribution in [3.63, 3.8) is 0 Å². The Morgan fingerprint density at radius 1 is 1.41 bits per heavy atom. The highest BCUT2D eigenvalue weighted by atomic mass is 16.5. The summed E-state index contributed by atoms with van der Waals surface area (Å²) in [4.78, 5) is 11.1. The van der Waals surface area contributed by atoms with Gasteiger partial charge in [0.2, 0.25) is 0 Å². The van der Waals surface area contributed by atoms with Crippen molar-refractivity contribution in [2.24, 2.45) is 5.92 Å². The minimum atomic E-state index is -0.751. The fourth-order valence-electron chi connectivity index (χ4n) is 1.62. The molecule has 1 aromatic rings. The molecule has 17 heavy (non-hydrogen) atoms. The molecule has 0 saturated heterocycles. The van der Waals surface area contributed by atoms with Crippen LogP contribution < -0.4 is 4.74 Å². The molecule has 1 aromatic carbocycles. The number of hydrogen-bond donors (Lipinski definition) is 1. The van der Waals surface area contributed by atoms with E-state index in [1.807, 2.05) is 43.3 Å². The fourth-order valence-corrected chi connectivity index (χ4v) is 1.62. The van der Waals surface area contributed by atoms with Gasteiger partial charge in [0.15, 0.2) is 0 Å². The highest BCUT2D eigenvalue weighted by Crippen LogP contribution is 2.17. The van der Waals surface area contributed by atoms with Crippen molar-refractivity contribution in [3.05, 3.63) is 42.0 Å². The second-order valence-electron chi connectivity index (χ2n) is 3.89. The smallest absolute Gasteiger partial charge is 0.307 e. The molecule has 0 aliphatic rings. The molecule has 0 aliphatic heterocycles. The van der Waals surface area contributed by atoms with Gasteiger partial charge in [-0.15, -0.1) is 0 Å². The molecule has 1 unspecified atom stereocenters. The van der Waals surface area contributed by atoms with Crippen LogP contribution in [0.3, 0.4) is 0 Å². The summed E-state index contributed by atoms with van der Waals surface area (Å²) in [5.41, 5.74) is 1.02. The number of carbonyl (C=O) groups is 1. The predicted molar refractivity (Wildman–Crippen MR) is 67.3 cm³/mol. The molecule has 1 rings (SSSR count). The maximum Gasteiger partial charge on any atom is 0.307 e. The number of allylic oxidation sites excluding steroid dienone is 2. The lowest BCUT2D eigenvalue weighted by Crippen LogP contribution is -2.15. The summed E-state index contributed by atoms with van der Waals surface area (Å²) in [5, 5.41) is 9.10. The molecule has 0 heterocycles. The highest BCUT2D eigenvalue weighted by molar-refractivity contribution is 5.70. The Kier molecular flexibility index (Phi) is 5.27. The molecular formula is C14H18O3. The van der Waals surface area contributed by atoms with E-state index in [2.05, 4.69) is 0 Å². The number of ether oxygens (including phenoxy) is 1. The summed E-state index contributed by atoms with van der Waals surface area (Å²) in [7, 11) is 1.61. The van der Waals surface area contributed by atoms with Gasteiger partial charge in [0.25, 0.3) is 0 Å². The fraction of sp³-hybridized carbons (Fsp3) is 0.357. The summed E-state index contributed by atoms with van der Waals surface area (Å²) in [6.45, 7) is 1.90. The van der Waals surface area contributed by atoms with Crippen LogP contribution in [0.25, 0.3) is 0 Å². The monoisotopic (exact) mass is 234 g/mol. The van der Waals surface area contributed by atoms with Gasteiger partial charge in [-0.1, -0.05) is 24.3 Å². The summed E-state index contributed by atoms with van der Waals surface area (Å²) < 4.78 is 5.06. The zero-order valence-electron chi connectivity index (χ0n) is 10.2. The van der Waals surface area contributed by atoms with Crippen LogP contribution in [0.4, 0.5) is 0 Å². The van der Waals surface area contributed by atoms with Crippen molar-refractivity contribution < 1.29 is 14.6 Å². The first-order valence-electron chi connectivity index (χ1n) is 5.64. The average molecular weight is 234 g/mol. The van der Waals surface area contributed by atoms with Crippen molar-refractivity contribution in [2.45, 2.75) is 19.8 Å². The van der Waals surface area contributed by atoms with Crippen LogP contribution in [0, 0.1) is 5.92 Å².